The van der Waals surface area contributed by atoms with E-state index in [2.05, 4.69) is 17.4 Å². The lowest BCUT2D eigenvalue weighted by molar-refractivity contribution is -0.105. The molecule has 1 saturated carbocycles. The molecule has 0 radical (unpaired) electrons. The highest BCUT2D eigenvalue weighted by atomic mass is 16.7. The van der Waals surface area contributed by atoms with Gasteiger partial charge in [0.1, 0.15) is 0 Å². The van der Waals surface area contributed by atoms with Crippen LogP contribution < -0.4 is 5.32 Å². The van der Waals surface area contributed by atoms with E-state index < -0.39 is 6.09 Å². The number of amides is 1. The SMILES string of the molecule is CCOC(=O)Nc1ccc(CCCC2COC(C3CCCCC3)O2)cc1. The van der Waals surface area contributed by atoms with Gasteiger partial charge in [-0.1, -0.05) is 31.4 Å². The molecule has 0 aromatic heterocycles. The van der Waals surface area contributed by atoms with Crippen LogP contribution in [0, 0.1) is 5.92 Å². The van der Waals surface area contributed by atoms with Gasteiger partial charge in [-0.15, -0.1) is 0 Å². The fourth-order valence-corrected chi connectivity index (χ4v) is 3.85. The van der Waals surface area contributed by atoms with Crippen LogP contribution in [0.25, 0.3) is 0 Å². The van der Waals surface area contributed by atoms with Gasteiger partial charge in [-0.3, -0.25) is 5.32 Å². The number of anilines is 1. The zero-order chi connectivity index (χ0) is 18.2. The molecule has 2 unspecified atom stereocenters. The Morgan fingerprint density at radius 1 is 1.19 bits per heavy atom. The molecule has 2 fully saturated rings. The third kappa shape index (κ3) is 5.71. The molecule has 144 valence electrons. The average molecular weight is 361 g/mol. The summed E-state index contributed by atoms with van der Waals surface area (Å²) in [5, 5.41) is 2.71. The van der Waals surface area contributed by atoms with E-state index in [-0.39, 0.29) is 12.4 Å². The van der Waals surface area contributed by atoms with Gasteiger partial charge in [0, 0.05) is 11.6 Å². The van der Waals surface area contributed by atoms with Gasteiger partial charge in [0.15, 0.2) is 6.29 Å². The molecular weight excluding hydrogens is 330 g/mol. The van der Waals surface area contributed by atoms with Crippen molar-refractivity contribution in [1.29, 1.82) is 0 Å². The van der Waals surface area contributed by atoms with Gasteiger partial charge >= 0.3 is 6.09 Å². The van der Waals surface area contributed by atoms with Crippen molar-refractivity contribution in [3.63, 3.8) is 0 Å². The Kier molecular flexibility index (Phi) is 7.32. The number of hydrogen-bond acceptors (Lipinski definition) is 4. The molecule has 3 rings (SSSR count). The molecule has 0 spiro atoms. The van der Waals surface area contributed by atoms with E-state index in [1.165, 1.54) is 37.7 Å². The molecule has 1 heterocycles. The monoisotopic (exact) mass is 361 g/mol. The molecule has 2 atom stereocenters. The highest BCUT2D eigenvalue weighted by Crippen LogP contribution is 2.32. The Hall–Kier alpha value is -1.59. The number of nitrogens with one attached hydrogen (secondary N) is 1. The minimum atomic E-state index is -0.411. The summed E-state index contributed by atoms with van der Waals surface area (Å²) in [7, 11) is 0. The summed E-state index contributed by atoms with van der Waals surface area (Å²) in [6.07, 6.45) is 9.49. The molecule has 1 aromatic carbocycles. The highest BCUT2D eigenvalue weighted by Gasteiger charge is 2.32. The Morgan fingerprint density at radius 2 is 1.96 bits per heavy atom. The van der Waals surface area contributed by atoms with Crippen molar-refractivity contribution < 1.29 is 19.0 Å². The Balaban J connectivity index is 1.35. The second-order valence-corrected chi connectivity index (χ2v) is 7.29. The maximum atomic E-state index is 11.4. The van der Waals surface area contributed by atoms with Crippen LogP contribution in [0.15, 0.2) is 24.3 Å². The van der Waals surface area contributed by atoms with Crippen LogP contribution in [-0.2, 0) is 20.6 Å². The van der Waals surface area contributed by atoms with E-state index in [4.69, 9.17) is 14.2 Å². The van der Waals surface area contributed by atoms with E-state index >= 15 is 0 Å². The van der Waals surface area contributed by atoms with E-state index in [9.17, 15) is 4.79 Å². The minimum absolute atomic E-state index is 0.0357. The first-order chi connectivity index (χ1) is 12.7. The fourth-order valence-electron chi connectivity index (χ4n) is 3.85. The molecule has 1 aromatic rings. The predicted octanol–water partition coefficient (Wildman–Crippen LogP) is 4.90. The molecule has 1 aliphatic heterocycles. The maximum Gasteiger partial charge on any atom is 0.411 e. The molecule has 2 aliphatic rings. The molecule has 1 amide bonds. The standard InChI is InChI=1S/C21H31NO4/c1-2-24-21(23)22-18-13-11-16(12-14-18)7-6-10-19-15-25-20(26-19)17-8-4-3-5-9-17/h11-14,17,19-20H,2-10,15H2,1H3,(H,22,23). The Morgan fingerprint density at radius 3 is 2.69 bits per heavy atom. The molecule has 26 heavy (non-hydrogen) atoms. The molecule has 1 aliphatic carbocycles. The highest BCUT2D eigenvalue weighted by molar-refractivity contribution is 5.84. The lowest BCUT2D eigenvalue weighted by atomic mass is 9.89. The molecule has 0 bridgehead atoms. The second kappa shape index (κ2) is 9.93. The second-order valence-electron chi connectivity index (χ2n) is 7.29. The number of benzene rings is 1. The number of aryl methyl sites for hydroxylation is 1. The van der Waals surface area contributed by atoms with Crippen LogP contribution in [-0.4, -0.2) is 31.7 Å². The average Bonchev–Trinajstić information content (AvgIpc) is 3.13. The number of ether oxygens (including phenoxy) is 3. The van der Waals surface area contributed by atoms with E-state index in [1.54, 1.807) is 6.92 Å². The van der Waals surface area contributed by atoms with Gasteiger partial charge in [0.25, 0.3) is 0 Å². The van der Waals surface area contributed by atoms with Crippen molar-refractivity contribution >= 4 is 11.8 Å². The summed E-state index contributed by atoms with van der Waals surface area (Å²) in [4.78, 5) is 11.4. The van der Waals surface area contributed by atoms with Crippen LogP contribution in [0.5, 0.6) is 0 Å². The zero-order valence-electron chi connectivity index (χ0n) is 15.7. The van der Waals surface area contributed by atoms with E-state index in [0.29, 0.717) is 12.5 Å². The van der Waals surface area contributed by atoms with Crippen LogP contribution in [0.4, 0.5) is 10.5 Å². The summed E-state index contributed by atoms with van der Waals surface area (Å²) in [6, 6.07) is 7.94. The van der Waals surface area contributed by atoms with Crippen LogP contribution >= 0.6 is 0 Å². The smallest absolute Gasteiger partial charge is 0.411 e. The first-order valence-corrected chi connectivity index (χ1v) is 10.0. The summed E-state index contributed by atoms with van der Waals surface area (Å²) < 4.78 is 16.9. The van der Waals surface area contributed by atoms with Crippen molar-refractivity contribution in [2.24, 2.45) is 5.92 Å². The van der Waals surface area contributed by atoms with Gasteiger partial charge in [-0.25, -0.2) is 4.79 Å². The van der Waals surface area contributed by atoms with Crippen molar-refractivity contribution in [2.75, 3.05) is 18.5 Å². The number of carbonyl (C=O) groups excluding carboxylic acids is 1. The normalized spacial score (nSPS) is 23.7. The maximum absolute atomic E-state index is 11.4. The first kappa shape index (κ1) is 19.2. The van der Waals surface area contributed by atoms with Gasteiger partial charge in [-0.05, 0) is 56.7 Å². The van der Waals surface area contributed by atoms with Crippen LogP contribution in [0.1, 0.15) is 57.4 Å². The Bertz CT molecular complexity index is 554. The number of rotatable bonds is 7. The van der Waals surface area contributed by atoms with Gasteiger partial charge < -0.3 is 14.2 Å². The zero-order valence-corrected chi connectivity index (χ0v) is 15.7. The van der Waals surface area contributed by atoms with E-state index in [0.717, 1.165) is 31.6 Å². The lowest BCUT2D eigenvalue weighted by Crippen LogP contribution is -2.24. The van der Waals surface area contributed by atoms with Gasteiger partial charge in [-0.2, -0.15) is 0 Å². The lowest BCUT2D eigenvalue weighted by Gasteiger charge is -2.26. The van der Waals surface area contributed by atoms with Gasteiger partial charge in [0.05, 0.1) is 19.3 Å². The summed E-state index contributed by atoms with van der Waals surface area (Å²) in [5.74, 6) is 0.605. The minimum Gasteiger partial charge on any atom is -0.450 e. The quantitative estimate of drug-likeness (QED) is 0.750. The topological polar surface area (TPSA) is 56.8 Å². The van der Waals surface area contributed by atoms with Crippen LogP contribution in [0.3, 0.4) is 0 Å². The van der Waals surface area contributed by atoms with Crippen molar-refractivity contribution in [1.82, 2.24) is 0 Å². The third-order valence-electron chi connectivity index (χ3n) is 5.28. The molecular formula is C21H31NO4. The number of carbonyl (C=O) groups is 1. The number of hydrogen-bond donors (Lipinski definition) is 1. The summed E-state index contributed by atoms with van der Waals surface area (Å²) in [5.41, 5.74) is 2.03. The molecule has 5 heteroatoms. The largest absolute Gasteiger partial charge is 0.450 e. The van der Waals surface area contributed by atoms with Gasteiger partial charge in [0.2, 0.25) is 0 Å². The molecule has 1 N–H and O–H groups in total. The fraction of sp³-hybridized carbons (Fsp3) is 0.667. The molecule has 5 nitrogen and oxygen atoms in total. The summed E-state index contributed by atoms with van der Waals surface area (Å²) in [6.45, 7) is 2.90. The van der Waals surface area contributed by atoms with E-state index in [1.807, 2.05) is 12.1 Å². The van der Waals surface area contributed by atoms with Crippen LogP contribution in [0.2, 0.25) is 0 Å². The third-order valence-corrected chi connectivity index (χ3v) is 5.28. The van der Waals surface area contributed by atoms with Crippen molar-refractivity contribution in [3.8, 4) is 0 Å². The predicted molar refractivity (Wildman–Crippen MR) is 101 cm³/mol. The first-order valence-electron chi connectivity index (χ1n) is 10.0. The van der Waals surface area contributed by atoms with Crippen molar-refractivity contribution in [3.05, 3.63) is 29.8 Å². The molecule has 1 saturated heterocycles. The summed E-state index contributed by atoms with van der Waals surface area (Å²) >= 11 is 0. The Labute approximate surface area is 156 Å². The van der Waals surface area contributed by atoms with Crippen molar-refractivity contribution in [2.45, 2.75) is 70.7 Å².